The molecule has 0 aliphatic carbocycles. The Kier molecular flexibility index (Phi) is 3.57. The van der Waals surface area contributed by atoms with E-state index < -0.39 is 0 Å². The molecule has 0 spiro atoms. The molecule has 0 saturated carbocycles. The second-order valence-corrected chi connectivity index (χ2v) is 4.12. The number of nitrogens with one attached hydrogen (secondary N) is 1. The van der Waals surface area contributed by atoms with Crippen LogP contribution in [-0.4, -0.2) is 18.2 Å². The summed E-state index contributed by atoms with van der Waals surface area (Å²) in [6.45, 7) is 1.95. The summed E-state index contributed by atoms with van der Waals surface area (Å²) in [7, 11) is 0. The Morgan fingerprint density at radius 3 is 2.44 bits per heavy atom. The van der Waals surface area contributed by atoms with Crippen molar-refractivity contribution in [3.05, 3.63) is 41.9 Å². The second-order valence-electron chi connectivity index (χ2n) is 4.12. The van der Waals surface area contributed by atoms with Gasteiger partial charge in [0.2, 0.25) is 0 Å². The molecule has 1 saturated heterocycles. The van der Waals surface area contributed by atoms with Crippen molar-refractivity contribution < 1.29 is 9.50 Å². The third kappa shape index (κ3) is 2.42. The number of allylic oxidation sites excluding steroid dienone is 1. The van der Waals surface area contributed by atoms with Crippen LogP contribution in [0.1, 0.15) is 18.4 Å². The molecule has 1 aliphatic heterocycles. The molecule has 0 radical (unpaired) electrons. The normalized spacial score (nSPS) is 18.7. The molecule has 0 bridgehead atoms. The molecule has 1 aromatic carbocycles. The van der Waals surface area contributed by atoms with Gasteiger partial charge in [0, 0.05) is 0 Å². The van der Waals surface area contributed by atoms with Crippen LogP contribution < -0.4 is 5.32 Å². The lowest BCUT2D eigenvalue weighted by atomic mass is 9.86. The molecule has 1 fully saturated rings. The smallest absolute Gasteiger partial charge is 0.123 e. The van der Waals surface area contributed by atoms with Crippen LogP contribution in [0.15, 0.2) is 30.5 Å². The Balaban J connectivity index is 2.18. The van der Waals surface area contributed by atoms with Crippen LogP contribution in [0.2, 0.25) is 0 Å². The summed E-state index contributed by atoms with van der Waals surface area (Å²) in [5.74, 6) is 0.128. The van der Waals surface area contributed by atoms with E-state index in [2.05, 4.69) is 5.32 Å². The van der Waals surface area contributed by atoms with E-state index in [1.165, 1.54) is 18.4 Å². The van der Waals surface area contributed by atoms with Crippen molar-refractivity contribution in [1.82, 2.24) is 5.32 Å². The standard InChI is InChI=1S/C13H16FNO/c14-12-3-1-10(2-4-12)13(9-16)11-5-7-15-8-6-11/h1-4,9,11,15-16H,5-8H2/b13-9+. The van der Waals surface area contributed by atoms with Gasteiger partial charge in [-0.25, -0.2) is 4.39 Å². The maximum atomic E-state index is 12.8. The highest BCUT2D eigenvalue weighted by Crippen LogP contribution is 2.29. The van der Waals surface area contributed by atoms with Crippen LogP contribution in [0.5, 0.6) is 0 Å². The quantitative estimate of drug-likeness (QED) is 0.753. The molecule has 2 N–H and O–H groups in total. The zero-order chi connectivity index (χ0) is 11.4. The number of aliphatic hydroxyl groups is 1. The summed E-state index contributed by atoms with van der Waals surface area (Å²) in [4.78, 5) is 0. The first kappa shape index (κ1) is 11.1. The van der Waals surface area contributed by atoms with Gasteiger partial charge in [-0.15, -0.1) is 0 Å². The van der Waals surface area contributed by atoms with Gasteiger partial charge in [-0.05, 0) is 55.1 Å². The zero-order valence-electron chi connectivity index (χ0n) is 9.12. The predicted molar refractivity (Wildman–Crippen MR) is 62.6 cm³/mol. The third-order valence-corrected chi connectivity index (χ3v) is 3.10. The summed E-state index contributed by atoms with van der Waals surface area (Å²) >= 11 is 0. The molecule has 2 nitrogen and oxygen atoms in total. The van der Waals surface area contributed by atoms with Gasteiger partial charge in [-0.2, -0.15) is 0 Å². The van der Waals surface area contributed by atoms with E-state index in [0.29, 0.717) is 5.92 Å². The summed E-state index contributed by atoms with van der Waals surface area (Å²) < 4.78 is 12.8. The Hall–Kier alpha value is -1.35. The average molecular weight is 221 g/mol. The van der Waals surface area contributed by atoms with E-state index in [0.717, 1.165) is 37.1 Å². The number of piperidine rings is 1. The van der Waals surface area contributed by atoms with Gasteiger partial charge < -0.3 is 10.4 Å². The van der Waals surface area contributed by atoms with E-state index in [-0.39, 0.29) is 5.82 Å². The van der Waals surface area contributed by atoms with E-state index >= 15 is 0 Å². The second kappa shape index (κ2) is 5.12. The van der Waals surface area contributed by atoms with Crippen molar-refractivity contribution in [2.24, 2.45) is 5.92 Å². The lowest BCUT2D eigenvalue weighted by Crippen LogP contribution is -2.28. The number of hydrogen-bond donors (Lipinski definition) is 2. The molecule has 0 unspecified atom stereocenters. The molecule has 3 heteroatoms. The molecule has 1 aromatic rings. The largest absolute Gasteiger partial charge is 0.515 e. The van der Waals surface area contributed by atoms with Crippen molar-refractivity contribution in [1.29, 1.82) is 0 Å². The number of aliphatic hydroxyl groups excluding tert-OH is 1. The minimum atomic E-state index is -0.244. The molecular weight excluding hydrogens is 205 g/mol. The highest BCUT2D eigenvalue weighted by molar-refractivity contribution is 5.66. The van der Waals surface area contributed by atoms with Gasteiger partial charge in [0.05, 0.1) is 6.26 Å². The fourth-order valence-electron chi connectivity index (χ4n) is 2.19. The summed E-state index contributed by atoms with van der Waals surface area (Å²) in [6, 6.07) is 6.30. The van der Waals surface area contributed by atoms with Crippen LogP contribution in [-0.2, 0) is 0 Å². The van der Waals surface area contributed by atoms with E-state index in [4.69, 9.17) is 0 Å². The molecule has 0 aromatic heterocycles. The van der Waals surface area contributed by atoms with Crippen LogP contribution in [0.3, 0.4) is 0 Å². The minimum absolute atomic E-state index is 0.244. The molecule has 86 valence electrons. The summed E-state index contributed by atoms with van der Waals surface area (Å²) in [6.07, 6.45) is 3.21. The maximum Gasteiger partial charge on any atom is 0.123 e. The zero-order valence-corrected chi connectivity index (χ0v) is 9.12. The maximum absolute atomic E-state index is 12.8. The van der Waals surface area contributed by atoms with Gasteiger partial charge in [0.25, 0.3) is 0 Å². The van der Waals surface area contributed by atoms with Crippen molar-refractivity contribution in [3.8, 4) is 0 Å². The SMILES string of the molecule is O/C=C(\c1ccc(F)cc1)C1CCNCC1. The Bertz CT molecular complexity index is 366. The van der Waals surface area contributed by atoms with Gasteiger partial charge >= 0.3 is 0 Å². The van der Waals surface area contributed by atoms with Crippen LogP contribution in [0.4, 0.5) is 4.39 Å². The van der Waals surface area contributed by atoms with E-state index in [1.807, 2.05) is 0 Å². The highest BCUT2D eigenvalue weighted by atomic mass is 19.1. The first-order valence-electron chi connectivity index (χ1n) is 5.62. The topological polar surface area (TPSA) is 32.3 Å². The first-order valence-corrected chi connectivity index (χ1v) is 5.62. The van der Waals surface area contributed by atoms with Crippen molar-refractivity contribution in [2.75, 3.05) is 13.1 Å². The van der Waals surface area contributed by atoms with Gasteiger partial charge in [0.1, 0.15) is 5.82 Å². The third-order valence-electron chi connectivity index (χ3n) is 3.10. The van der Waals surface area contributed by atoms with Gasteiger partial charge in [0.15, 0.2) is 0 Å². The van der Waals surface area contributed by atoms with E-state index in [1.54, 1.807) is 12.1 Å². The van der Waals surface area contributed by atoms with Crippen molar-refractivity contribution >= 4 is 5.57 Å². The Morgan fingerprint density at radius 2 is 1.88 bits per heavy atom. The monoisotopic (exact) mass is 221 g/mol. The van der Waals surface area contributed by atoms with E-state index in [9.17, 15) is 9.50 Å². The van der Waals surface area contributed by atoms with Crippen LogP contribution in [0.25, 0.3) is 5.57 Å². The lowest BCUT2D eigenvalue weighted by Gasteiger charge is -2.24. The number of halogens is 1. The summed E-state index contributed by atoms with van der Waals surface area (Å²) in [5.41, 5.74) is 1.83. The van der Waals surface area contributed by atoms with Crippen molar-refractivity contribution in [2.45, 2.75) is 12.8 Å². The Labute approximate surface area is 94.8 Å². The van der Waals surface area contributed by atoms with Crippen molar-refractivity contribution in [3.63, 3.8) is 0 Å². The van der Waals surface area contributed by atoms with Crippen LogP contribution >= 0.6 is 0 Å². The highest BCUT2D eigenvalue weighted by Gasteiger charge is 2.18. The molecule has 1 aliphatic rings. The fourth-order valence-corrected chi connectivity index (χ4v) is 2.19. The molecule has 2 rings (SSSR count). The number of rotatable bonds is 2. The summed E-state index contributed by atoms with van der Waals surface area (Å²) in [5, 5.41) is 12.6. The average Bonchev–Trinajstić information content (AvgIpc) is 2.34. The molecular formula is C13H16FNO. The Morgan fingerprint density at radius 1 is 1.25 bits per heavy atom. The number of hydrogen-bond acceptors (Lipinski definition) is 2. The fraction of sp³-hybridized carbons (Fsp3) is 0.385. The number of benzene rings is 1. The molecule has 1 heterocycles. The van der Waals surface area contributed by atoms with Gasteiger partial charge in [-0.3, -0.25) is 0 Å². The van der Waals surface area contributed by atoms with Gasteiger partial charge in [-0.1, -0.05) is 12.1 Å². The minimum Gasteiger partial charge on any atom is -0.515 e. The molecule has 16 heavy (non-hydrogen) atoms. The predicted octanol–water partition coefficient (Wildman–Crippen LogP) is 2.72. The molecule has 0 atom stereocenters. The van der Waals surface area contributed by atoms with Crippen LogP contribution in [0, 0.1) is 11.7 Å². The lowest BCUT2D eigenvalue weighted by molar-refractivity contribution is 0.427. The molecule has 0 amide bonds. The first-order chi connectivity index (χ1) is 7.81.